The van der Waals surface area contributed by atoms with Gasteiger partial charge >= 0.3 is 0 Å². The number of amides is 1. The van der Waals surface area contributed by atoms with Crippen LogP contribution in [0.3, 0.4) is 0 Å². The maximum atomic E-state index is 12.1. The van der Waals surface area contributed by atoms with Crippen molar-refractivity contribution < 1.29 is 4.79 Å². The van der Waals surface area contributed by atoms with E-state index < -0.39 is 0 Å². The highest BCUT2D eigenvalue weighted by Gasteiger charge is 2.42. The average Bonchev–Trinajstić information content (AvgIpc) is 2.82. The van der Waals surface area contributed by atoms with E-state index in [4.69, 9.17) is 0 Å². The molecule has 2 atom stereocenters. The smallest absolute Gasteiger partial charge is 0.238 e. The van der Waals surface area contributed by atoms with Crippen LogP contribution < -0.4 is 5.32 Å². The molecule has 0 aromatic rings. The fourth-order valence-corrected chi connectivity index (χ4v) is 3.83. The van der Waals surface area contributed by atoms with Gasteiger partial charge < -0.3 is 4.90 Å². The Kier molecular flexibility index (Phi) is 3.12. The van der Waals surface area contributed by atoms with Crippen LogP contribution in [-0.4, -0.2) is 29.6 Å². The van der Waals surface area contributed by atoms with Crippen LogP contribution in [0, 0.1) is 11.8 Å². The summed E-state index contributed by atoms with van der Waals surface area (Å²) in [6.45, 7) is 2.83. The molecule has 3 fully saturated rings. The van der Waals surface area contributed by atoms with Gasteiger partial charge in [-0.15, -0.1) is 0 Å². The third kappa shape index (κ3) is 1.99. The predicted octanol–water partition coefficient (Wildman–Crippen LogP) is 2.12. The average molecular weight is 236 g/mol. The van der Waals surface area contributed by atoms with Gasteiger partial charge in [0, 0.05) is 6.04 Å². The lowest BCUT2D eigenvalue weighted by molar-refractivity contribution is -0.132. The minimum Gasteiger partial charge on any atom is -0.323 e. The van der Waals surface area contributed by atoms with Gasteiger partial charge in [-0.1, -0.05) is 19.3 Å². The van der Waals surface area contributed by atoms with Crippen molar-refractivity contribution in [2.24, 2.45) is 11.8 Å². The van der Waals surface area contributed by atoms with Gasteiger partial charge in [-0.2, -0.15) is 0 Å². The van der Waals surface area contributed by atoms with Crippen molar-refractivity contribution in [3.05, 3.63) is 0 Å². The molecule has 3 heteroatoms. The predicted molar refractivity (Wildman–Crippen MR) is 67.4 cm³/mol. The lowest BCUT2D eigenvalue weighted by Gasteiger charge is -2.41. The Hall–Kier alpha value is -0.570. The van der Waals surface area contributed by atoms with Crippen LogP contribution in [-0.2, 0) is 4.79 Å². The van der Waals surface area contributed by atoms with E-state index in [-0.39, 0.29) is 0 Å². The van der Waals surface area contributed by atoms with Crippen LogP contribution in [0.1, 0.15) is 51.9 Å². The first-order valence-corrected chi connectivity index (χ1v) is 7.32. The van der Waals surface area contributed by atoms with Crippen LogP contribution in [0.2, 0.25) is 0 Å². The molecule has 3 aliphatic rings. The second-order valence-electron chi connectivity index (χ2n) is 6.10. The van der Waals surface area contributed by atoms with Gasteiger partial charge in [0.25, 0.3) is 0 Å². The van der Waals surface area contributed by atoms with Crippen LogP contribution in [0.15, 0.2) is 0 Å². The van der Waals surface area contributed by atoms with Gasteiger partial charge in [-0.25, -0.2) is 0 Å². The molecule has 1 aliphatic heterocycles. The van der Waals surface area contributed by atoms with Crippen molar-refractivity contribution in [3.63, 3.8) is 0 Å². The summed E-state index contributed by atoms with van der Waals surface area (Å²) in [7, 11) is 0. The van der Waals surface area contributed by atoms with E-state index in [2.05, 4.69) is 17.1 Å². The van der Waals surface area contributed by atoms with Crippen molar-refractivity contribution in [3.8, 4) is 0 Å². The molecule has 1 N–H and O–H groups in total. The summed E-state index contributed by atoms with van der Waals surface area (Å²) in [4.78, 5) is 14.3. The van der Waals surface area contributed by atoms with Gasteiger partial charge in [-0.05, 0) is 44.4 Å². The minimum absolute atomic E-state index is 0.335. The number of nitrogens with one attached hydrogen (secondary N) is 1. The standard InChI is InChI=1S/C14H24N2O/c1-10(11-7-4-8-11)16-13(17)9-15-14(16)12-5-2-3-6-12/h10-12,14-15H,2-9H2,1H3. The zero-order valence-corrected chi connectivity index (χ0v) is 10.8. The second kappa shape index (κ2) is 4.60. The molecule has 1 heterocycles. The van der Waals surface area contributed by atoms with Crippen LogP contribution in [0.25, 0.3) is 0 Å². The van der Waals surface area contributed by atoms with Crippen LogP contribution in [0.4, 0.5) is 0 Å². The van der Waals surface area contributed by atoms with E-state index in [1.807, 2.05) is 0 Å². The number of rotatable bonds is 3. The van der Waals surface area contributed by atoms with E-state index in [1.54, 1.807) is 0 Å². The minimum atomic E-state index is 0.335. The quantitative estimate of drug-likeness (QED) is 0.814. The normalized spacial score (nSPS) is 33.1. The number of carbonyl (C=O) groups excluding carboxylic acids is 1. The first-order chi connectivity index (χ1) is 8.27. The summed E-state index contributed by atoms with van der Waals surface area (Å²) < 4.78 is 0. The molecule has 0 spiro atoms. The summed E-state index contributed by atoms with van der Waals surface area (Å²) >= 11 is 0. The Morgan fingerprint density at radius 1 is 1.18 bits per heavy atom. The zero-order chi connectivity index (χ0) is 11.8. The molecule has 17 heavy (non-hydrogen) atoms. The van der Waals surface area contributed by atoms with Gasteiger partial charge in [0.05, 0.1) is 12.7 Å². The molecular weight excluding hydrogens is 212 g/mol. The number of hydrogen-bond donors (Lipinski definition) is 1. The number of hydrogen-bond acceptors (Lipinski definition) is 2. The van der Waals surface area contributed by atoms with Crippen molar-refractivity contribution in [1.82, 2.24) is 10.2 Å². The highest BCUT2D eigenvalue weighted by molar-refractivity contribution is 5.81. The highest BCUT2D eigenvalue weighted by atomic mass is 16.2. The molecule has 2 unspecified atom stereocenters. The first kappa shape index (κ1) is 11.5. The van der Waals surface area contributed by atoms with Crippen LogP contribution >= 0.6 is 0 Å². The summed E-state index contributed by atoms with van der Waals surface area (Å²) in [5.41, 5.74) is 0. The fourth-order valence-electron chi connectivity index (χ4n) is 3.83. The third-order valence-electron chi connectivity index (χ3n) is 5.17. The Morgan fingerprint density at radius 3 is 2.47 bits per heavy atom. The van der Waals surface area contributed by atoms with Gasteiger partial charge in [0.15, 0.2) is 0 Å². The maximum absolute atomic E-state index is 12.1. The molecular formula is C14H24N2O. The van der Waals surface area contributed by atoms with Crippen molar-refractivity contribution in [2.45, 2.75) is 64.1 Å². The molecule has 0 aromatic heterocycles. The van der Waals surface area contributed by atoms with Crippen LogP contribution in [0.5, 0.6) is 0 Å². The number of carbonyl (C=O) groups is 1. The Morgan fingerprint density at radius 2 is 1.88 bits per heavy atom. The Labute approximate surface area is 104 Å². The lowest BCUT2D eigenvalue weighted by Crippen LogP contribution is -2.50. The van der Waals surface area contributed by atoms with E-state index in [0.29, 0.717) is 30.6 Å². The summed E-state index contributed by atoms with van der Waals surface area (Å²) in [5.74, 6) is 1.81. The van der Waals surface area contributed by atoms with Gasteiger partial charge in [-0.3, -0.25) is 10.1 Å². The van der Waals surface area contributed by atoms with E-state index in [0.717, 1.165) is 5.92 Å². The zero-order valence-electron chi connectivity index (χ0n) is 10.8. The molecule has 0 aromatic carbocycles. The summed E-state index contributed by atoms with van der Waals surface area (Å²) in [6, 6.07) is 0.455. The third-order valence-corrected chi connectivity index (χ3v) is 5.17. The summed E-state index contributed by atoms with van der Waals surface area (Å²) in [5, 5.41) is 3.46. The monoisotopic (exact) mass is 236 g/mol. The Balaban J connectivity index is 1.71. The van der Waals surface area contributed by atoms with E-state index >= 15 is 0 Å². The topological polar surface area (TPSA) is 32.3 Å². The summed E-state index contributed by atoms with van der Waals surface area (Å²) in [6.07, 6.45) is 9.66. The second-order valence-corrected chi connectivity index (χ2v) is 6.10. The SMILES string of the molecule is CC(C1CCC1)N1C(=O)CNC1C1CCCC1. The van der Waals surface area contributed by atoms with Crippen molar-refractivity contribution in [1.29, 1.82) is 0 Å². The maximum Gasteiger partial charge on any atom is 0.238 e. The molecule has 2 saturated carbocycles. The van der Waals surface area contributed by atoms with Crippen molar-refractivity contribution in [2.75, 3.05) is 6.54 Å². The molecule has 3 rings (SSSR count). The number of nitrogens with zero attached hydrogens (tertiary/aromatic N) is 1. The van der Waals surface area contributed by atoms with Gasteiger partial charge in [0.2, 0.25) is 5.91 Å². The largest absolute Gasteiger partial charge is 0.323 e. The Bertz CT molecular complexity index is 295. The molecule has 0 bridgehead atoms. The van der Waals surface area contributed by atoms with Gasteiger partial charge in [0.1, 0.15) is 0 Å². The molecule has 3 nitrogen and oxygen atoms in total. The fraction of sp³-hybridized carbons (Fsp3) is 0.929. The first-order valence-electron chi connectivity index (χ1n) is 7.32. The van der Waals surface area contributed by atoms with Crippen molar-refractivity contribution >= 4 is 5.91 Å². The lowest BCUT2D eigenvalue weighted by atomic mass is 9.79. The van der Waals surface area contributed by atoms with E-state index in [9.17, 15) is 4.79 Å². The molecule has 0 radical (unpaired) electrons. The molecule has 1 saturated heterocycles. The van der Waals surface area contributed by atoms with E-state index in [1.165, 1.54) is 44.9 Å². The molecule has 96 valence electrons. The molecule has 1 amide bonds. The highest BCUT2D eigenvalue weighted by Crippen LogP contribution is 2.37. The molecule has 2 aliphatic carbocycles.